The van der Waals surface area contributed by atoms with Gasteiger partial charge in [0.05, 0.1) is 12.6 Å². The van der Waals surface area contributed by atoms with Crippen molar-refractivity contribution < 1.29 is 9.90 Å². The van der Waals surface area contributed by atoms with Crippen LogP contribution in [-0.2, 0) is 4.79 Å². The molecule has 2 N–H and O–H groups in total. The Bertz CT molecular complexity index is 221. The molecule has 0 heterocycles. The molecule has 0 aliphatic heterocycles. The van der Waals surface area contributed by atoms with Gasteiger partial charge in [0.2, 0.25) is 5.91 Å². The summed E-state index contributed by atoms with van der Waals surface area (Å²) in [6.45, 7) is 3.84. The molecule has 1 amide bonds. The van der Waals surface area contributed by atoms with Gasteiger partial charge in [0.15, 0.2) is 0 Å². The fraction of sp³-hybridized carbons (Fsp3) is 0.917. The van der Waals surface area contributed by atoms with Crippen LogP contribution < -0.4 is 5.32 Å². The first-order valence-corrected chi connectivity index (χ1v) is 6.28. The minimum Gasteiger partial charge on any atom is -0.393 e. The first-order valence-electron chi connectivity index (χ1n) is 6.28. The second-order valence-electron chi connectivity index (χ2n) is 4.65. The normalized spacial score (nSPS) is 25.4. The molecular formula is C12H24N2O2. The van der Waals surface area contributed by atoms with Crippen LogP contribution in [0.25, 0.3) is 0 Å². The molecule has 0 aromatic heterocycles. The summed E-state index contributed by atoms with van der Waals surface area (Å²) in [5.41, 5.74) is 0. The van der Waals surface area contributed by atoms with Crippen LogP contribution >= 0.6 is 0 Å². The van der Waals surface area contributed by atoms with E-state index in [9.17, 15) is 9.90 Å². The number of rotatable bonds is 5. The zero-order valence-corrected chi connectivity index (χ0v) is 10.4. The summed E-state index contributed by atoms with van der Waals surface area (Å²) in [7, 11) is 1.81. The van der Waals surface area contributed by atoms with Crippen molar-refractivity contribution in [2.45, 2.75) is 38.7 Å². The molecule has 1 fully saturated rings. The lowest BCUT2D eigenvalue weighted by Crippen LogP contribution is -2.40. The lowest BCUT2D eigenvalue weighted by Gasteiger charge is -2.27. The van der Waals surface area contributed by atoms with Gasteiger partial charge in [-0.1, -0.05) is 12.8 Å². The van der Waals surface area contributed by atoms with E-state index in [2.05, 4.69) is 5.32 Å². The highest BCUT2D eigenvalue weighted by molar-refractivity contribution is 5.77. The van der Waals surface area contributed by atoms with Gasteiger partial charge in [-0.05, 0) is 25.7 Å². The number of nitrogens with one attached hydrogen (secondary N) is 1. The van der Waals surface area contributed by atoms with Gasteiger partial charge in [0, 0.05) is 20.1 Å². The summed E-state index contributed by atoms with van der Waals surface area (Å²) >= 11 is 0. The maximum absolute atomic E-state index is 11.5. The third-order valence-corrected chi connectivity index (χ3v) is 3.45. The molecule has 0 saturated heterocycles. The summed E-state index contributed by atoms with van der Waals surface area (Å²) in [6, 6.07) is 0. The van der Waals surface area contributed by atoms with E-state index in [1.165, 1.54) is 6.42 Å². The summed E-state index contributed by atoms with van der Waals surface area (Å²) in [5, 5.41) is 12.9. The number of aliphatic hydroxyl groups is 1. The van der Waals surface area contributed by atoms with Crippen molar-refractivity contribution in [3.63, 3.8) is 0 Å². The van der Waals surface area contributed by atoms with Crippen LogP contribution in [0.3, 0.4) is 0 Å². The monoisotopic (exact) mass is 228 g/mol. The van der Waals surface area contributed by atoms with E-state index >= 15 is 0 Å². The SMILES string of the molecule is CCN(C)C(=O)CNCC1CCCCC1O. The second kappa shape index (κ2) is 6.86. The highest BCUT2D eigenvalue weighted by Gasteiger charge is 2.22. The van der Waals surface area contributed by atoms with Gasteiger partial charge in [-0.25, -0.2) is 0 Å². The molecule has 94 valence electrons. The standard InChI is InChI=1S/C12H24N2O2/c1-3-14(2)12(16)9-13-8-10-6-4-5-7-11(10)15/h10-11,13,15H,3-9H2,1-2H3. The van der Waals surface area contributed by atoms with Crippen molar-refractivity contribution in [1.82, 2.24) is 10.2 Å². The molecule has 4 nitrogen and oxygen atoms in total. The highest BCUT2D eigenvalue weighted by atomic mass is 16.3. The summed E-state index contributed by atoms with van der Waals surface area (Å²) in [6.07, 6.45) is 4.14. The van der Waals surface area contributed by atoms with Gasteiger partial charge in [0.1, 0.15) is 0 Å². The Balaban J connectivity index is 2.16. The first-order chi connectivity index (χ1) is 7.65. The lowest BCUT2D eigenvalue weighted by molar-refractivity contribution is -0.128. The minimum atomic E-state index is -0.180. The molecule has 1 rings (SSSR count). The molecular weight excluding hydrogens is 204 g/mol. The summed E-state index contributed by atoms with van der Waals surface area (Å²) in [5.74, 6) is 0.446. The van der Waals surface area contributed by atoms with Crippen LogP contribution in [0.2, 0.25) is 0 Å². The Kier molecular flexibility index (Phi) is 5.77. The van der Waals surface area contributed by atoms with E-state index < -0.39 is 0 Å². The number of nitrogens with zero attached hydrogens (tertiary/aromatic N) is 1. The van der Waals surface area contributed by atoms with Crippen LogP contribution in [-0.4, -0.2) is 48.7 Å². The molecule has 2 unspecified atom stereocenters. The van der Waals surface area contributed by atoms with Gasteiger partial charge in [0.25, 0.3) is 0 Å². The third-order valence-electron chi connectivity index (χ3n) is 3.45. The molecule has 4 heteroatoms. The molecule has 0 radical (unpaired) electrons. The van der Waals surface area contributed by atoms with Gasteiger partial charge >= 0.3 is 0 Å². The van der Waals surface area contributed by atoms with Crippen molar-refractivity contribution in [3.8, 4) is 0 Å². The Morgan fingerprint density at radius 2 is 2.12 bits per heavy atom. The van der Waals surface area contributed by atoms with Gasteiger partial charge in [-0.15, -0.1) is 0 Å². The number of hydrogen-bond donors (Lipinski definition) is 2. The van der Waals surface area contributed by atoms with Crippen molar-refractivity contribution >= 4 is 5.91 Å². The Hall–Kier alpha value is -0.610. The second-order valence-corrected chi connectivity index (χ2v) is 4.65. The number of likely N-dealkylation sites (N-methyl/N-ethyl adjacent to an activating group) is 1. The lowest BCUT2D eigenvalue weighted by atomic mass is 9.86. The fourth-order valence-corrected chi connectivity index (χ4v) is 2.10. The average molecular weight is 228 g/mol. The number of amides is 1. The Morgan fingerprint density at radius 3 is 2.75 bits per heavy atom. The van der Waals surface area contributed by atoms with Gasteiger partial charge < -0.3 is 15.3 Å². The molecule has 1 aliphatic rings. The smallest absolute Gasteiger partial charge is 0.236 e. The highest BCUT2D eigenvalue weighted by Crippen LogP contribution is 2.23. The van der Waals surface area contributed by atoms with Crippen molar-refractivity contribution in [1.29, 1.82) is 0 Å². The van der Waals surface area contributed by atoms with Crippen LogP contribution in [0.15, 0.2) is 0 Å². The molecule has 0 aromatic rings. The summed E-state index contributed by atoms with van der Waals surface area (Å²) < 4.78 is 0. The number of carbonyl (C=O) groups is 1. The average Bonchev–Trinajstić information content (AvgIpc) is 2.30. The van der Waals surface area contributed by atoms with E-state index in [1.54, 1.807) is 11.9 Å². The van der Waals surface area contributed by atoms with Crippen molar-refractivity contribution in [2.24, 2.45) is 5.92 Å². The zero-order valence-electron chi connectivity index (χ0n) is 10.4. The maximum atomic E-state index is 11.5. The Labute approximate surface area is 98.0 Å². The molecule has 0 bridgehead atoms. The third kappa shape index (κ3) is 4.10. The maximum Gasteiger partial charge on any atom is 0.236 e. The number of hydrogen-bond acceptors (Lipinski definition) is 3. The van der Waals surface area contributed by atoms with Crippen molar-refractivity contribution in [2.75, 3.05) is 26.7 Å². The number of carbonyl (C=O) groups excluding carboxylic acids is 1. The quantitative estimate of drug-likeness (QED) is 0.725. The minimum absolute atomic E-state index is 0.118. The molecule has 1 saturated carbocycles. The molecule has 0 spiro atoms. The predicted molar refractivity (Wildman–Crippen MR) is 64.1 cm³/mol. The van der Waals surface area contributed by atoms with Crippen LogP contribution in [0.1, 0.15) is 32.6 Å². The van der Waals surface area contributed by atoms with Gasteiger partial charge in [-0.2, -0.15) is 0 Å². The Morgan fingerprint density at radius 1 is 1.44 bits per heavy atom. The predicted octanol–water partition coefficient (Wildman–Crippen LogP) is 0.605. The topological polar surface area (TPSA) is 52.6 Å². The molecule has 16 heavy (non-hydrogen) atoms. The van der Waals surface area contributed by atoms with Crippen molar-refractivity contribution in [3.05, 3.63) is 0 Å². The summed E-state index contributed by atoms with van der Waals surface area (Å²) in [4.78, 5) is 13.2. The van der Waals surface area contributed by atoms with E-state index in [1.807, 2.05) is 6.92 Å². The van der Waals surface area contributed by atoms with E-state index in [0.29, 0.717) is 12.5 Å². The van der Waals surface area contributed by atoms with E-state index in [-0.39, 0.29) is 12.0 Å². The van der Waals surface area contributed by atoms with Crippen LogP contribution in [0, 0.1) is 5.92 Å². The van der Waals surface area contributed by atoms with Gasteiger partial charge in [-0.3, -0.25) is 4.79 Å². The van der Waals surface area contributed by atoms with E-state index in [0.717, 1.165) is 32.4 Å². The number of aliphatic hydroxyl groups excluding tert-OH is 1. The van der Waals surface area contributed by atoms with Crippen LogP contribution in [0.4, 0.5) is 0 Å². The van der Waals surface area contributed by atoms with Crippen LogP contribution in [0.5, 0.6) is 0 Å². The largest absolute Gasteiger partial charge is 0.393 e. The molecule has 1 aliphatic carbocycles. The molecule has 2 atom stereocenters. The first kappa shape index (κ1) is 13.5. The zero-order chi connectivity index (χ0) is 12.0. The van der Waals surface area contributed by atoms with E-state index in [4.69, 9.17) is 0 Å². The molecule has 0 aromatic carbocycles. The fourth-order valence-electron chi connectivity index (χ4n) is 2.10.